The quantitative estimate of drug-likeness (QED) is 0.680. The highest BCUT2D eigenvalue weighted by atomic mass is 19.1. The number of hydrogen-bond donors (Lipinski definition) is 2. The van der Waals surface area contributed by atoms with Gasteiger partial charge in [-0.05, 0) is 13.0 Å². The highest BCUT2D eigenvalue weighted by molar-refractivity contribution is 5.71. The third kappa shape index (κ3) is 1.73. The molecule has 0 radical (unpaired) electrons. The van der Waals surface area contributed by atoms with E-state index in [9.17, 15) is 9.50 Å². The zero-order valence-corrected chi connectivity index (χ0v) is 8.95. The summed E-state index contributed by atoms with van der Waals surface area (Å²) in [6, 6.07) is 0. The summed E-state index contributed by atoms with van der Waals surface area (Å²) in [4.78, 5) is 5.52. The number of aliphatic imine (C=N–C) groups is 1. The molecular weight excluding hydrogens is 215 g/mol. The second-order valence-electron chi connectivity index (χ2n) is 4.13. The van der Waals surface area contributed by atoms with Crippen LogP contribution in [0.2, 0.25) is 0 Å². The van der Waals surface area contributed by atoms with Crippen LogP contribution in [0.5, 0.6) is 0 Å². The van der Waals surface area contributed by atoms with E-state index in [1.54, 1.807) is 23.4 Å². The monoisotopic (exact) mass is 230 g/mol. The van der Waals surface area contributed by atoms with Gasteiger partial charge >= 0.3 is 0 Å². The minimum absolute atomic E-state index is 0.283. The number of rotatable bonds is 2. The summed E-state index contributed by atoms with van der Waals surface area (Å²) < 4.78 is 19.6. The fourth-order valence-electron chi connectivity index (χ4n) is 1.98. The number of hydrogen-bond acceptors (Lipinski definition) is 5. The lowest BCUT2D eigenvalue weighted by Crippen LogP contribution is -2.48. The molecule has 0 bridgehead atoms. The maximum absolute atomic E-state index is 14.3. The van der Waals surface area contributed by atoms with Crippen molar-refractivity contribution >= 4 is 6.21 Å². The van der Waals surface area contributed by atoms with E-state index in [-0.39, 0.29) is 6.67 Å². The van der Waals surface area contributed by atoms with Crippen molar-refractivity contribution in [1.82, 2.24) is 4.90 Å². The van der Waals surface area contributed by atoms with E-state index in [0.29, 0.717) is 0 Å². The molecule has 2 aliphatic rings. The molecule has 90 valence electrons. The minimum atomic E-state index is -1.93. The number of aliphatic hydroxyl groups is 2. The topological polar surface area (TPSA) is 65.3 Å². The Hall–Kier alpha value is -0.980. The lowest BCUT2D eigenvalue weighted by Gasteiger charge is -2.32. The van der Waals surface area contributed by atoms with Crippen LogP contribution in [0.4, 0.5) is 4.39 Å². The third-order valence-electron chi connectivity index (χ3n) is 2.91. The fourth-order valence-corrected chi connectivity index (χ4v) is 1.98. The van der Waals surface area contributed by atoms with Crippen LogP contribution in [0, 0.1) is 0 Å². The molecule has 5 nitrogen and oxygen atoms in total. The van der Waals surface area contributed by atoms with Gasteiger partial charge in [0.1, 0.15) is 18.9 Å². The van der Waals surface area contributed by atoms with Crippen molar-refractivity contribution in [3.63, 3.8) is 0 Å². The van der Waals surface area contributed by atoms with Gasteiger partial charge in [0.15, 0.2) is 11.9 Å². The number of halogens is 1. The Bertz CT molecular complexity index is 319. The van der Waals surface area contributed by atoms with Crippen molar-refractivity contribution in [1.29, 1.82) is 0 Å². The van der Waals surface area contributed by atoms with Crippen LogP contribution in [-0.2, 0) is 4.74 Å². The molecule has 2 rings (SSSR count). The van der Waals surface area contributed by atoms with Crippen molar-refractivity contribution < 1.29 is 19.3 Å². The van der Waals surface area contributed by atoms with Crippen molar-refractivity contribution in [3.05, 3.63) is 12.3 Å². The van der Waals surface area contributed by atoms with Gasteiger partial charge in [-0.2, -0.15) is 0 Å². The van der Waals surface area contributed by atoms with Crippen LogP contribution < -0.4 is 0 Å². The molecule has 1 fully saturated rings. The molecule has 0 aromatic carbocycles. The van der Waals surface area contributed by atoms with E-state index in [0.717, 1.165) is 0 Å². The van der Waals surface area contributed by atoms with Gasteiger partial charge in [-0.15, -0.1) is 0 Å². The normalized spacial score (nSPS) is 43.0. The summed E-state index contributed by atoms with van der Waals surface area (Å²) in [6.07, 6.45) is 1.79. The van der Waals surface area contributed by atoms with Gasteiger partial charge in [0.25, 0.3) is 0 Å². The van der Waals surface area contributed by atoms with Crippen molar-refractivity contribution in [2.24, 2.45) is 4.99 Å². The summed E-state index contributed by atoms with van der Waals surface area (Å²) in [5, 5.41) is 18.6. The summed E-state index contributed by atoms with van der Waals surface area (Å²) in [5.74, 6) is 0. The minimum Gasteiger partial charge on any atom is -0.394 e. The van der Waals surface area contributed by atoms with Crippen LogP contribution in [0.15, 0.2) is 17.3 Å². The van der Waals surface area contributed by atoms with Crippen molar-refractivity contribution in [2.75, 3.05) is 13.3 Å². The maximum atomic E-state index is 14.3. The molecule has 0 unspecified atom stereocenters. The number of allylic oxidation sites excluding steroid dienone is 1. The van der Waals surface area contributed by atoms with Gasteiger partial charge < -0.3 is 19.8 Å². The Morgan fingerprint density at radius 3 is 2.94 bits per heavy atom. The number of aliphatic hydroxyl groups excluding tert-OH is 2. The van der Waals surface area contributed by atoms with Crippen LogP contribution in [0.25, 0.3) is 0 Å². The zero-order valence-electron chi connectivity index (χ0n) is 8.95. The zero-order chi connectivity index (χ0) is 11.8. The van der Waals surface area contributed by atoms with Gasteiger partial charge in [0.2, 0.25) is 0 Å². The van der Waals surface area contributed by atoms with E-state index >= 15 is 0 Å². The molecule has 2 N–H and O–H groups in total. The molecule has 0 spiro atoms. The molecular formula is C10H15FN2O3. The number of alkyl halides is 1. The number of ether oxygens (including phenoxy) is 1. The molecule has 1 saturated heterocycles. The molecule has 0 amide bonds. The predicted molar refractivity (Wildman–Crippen MR) is 55.6 cm³/mol. The van der Waals surface area contributed by atoms with Gasteiger partial charge in [-0.25, -0.2) is 4.39 Å². The highest BCUT2D eigenvalue weighted by Gasteiger charge is 2.55. The summed E-state index contributed by atoms with van der Waals surface area (Å²) in [6.45, 7) is 1.15. The third-order valence-corrected chi connectivity index (χ3v) is 2.91. The van der Waals surface area contributed by atoms with Gasteiger partial charge in [0, 0.05) is 12.4 Å². The van der Waals surface area contributed by atoms with Crippen molar-refractivity contribution in [2.45, 2.75) is 31.0 Å². The molecule has 6 heteroatoms. The molecule has 2 aliphatic heterocycles. The molecule has 0 saturated carbocycles. The standard InChI is InChI=1S/C10H15FN2O3/c1-10(11)8(15)7(5-14)16-9(10)13-4-2-3-12-6-13/h2-4,7-9,14-15H,5-6H2,1H3/t7-,8-,9-,10-/m1/s1. The van der Waals surface area contributed by atoms with Gasteiger partial charge in [-0.3, -0.25) is 4.99 Å². The Kier molecular flexibility index (Phi) is 2.96. The van der Waals surface area contributed by atoms with Crippen LogP contribution in [0.3, 0.4) is 0 Å². The van der Waals surface area contributed by atoms with E-state index in [4.69, 9.17) is 9.84 Å². The maximum Gasteiger partial charge on any atom is 0.181 e. The average Bonchev–Trinajstić information content (AvgIpc) is 2.52. The lowest BCUT2D eigenvalue weighted by molar-refractivity contribution is -0.0870. The van der Waals surface area contributed by atoms with Crippen LogP contribution in [-0.4, -0.2) is 58.7 Å². The molecule has 4 atom stereocenters. The van der Waals surface area contributed by atoms with E-state index in [2.05, 4.69) is 4.99 Å². The van der Waals surface area contributed by atoms with Gasteiger partial charge in [-0.1, -0.05) is 0 Å². The molecule has 0 aromatic heterocycles. The summed E-state index contributed by atoms with van der Waals surface area (Å²) in [5.41, 5.74) is -1.93. The Balaban J connectivity index is 2.16. The van der Waals surface area contributed by atoms with E-state index in [1.807, 2.05) is 0 Å². The molecule has 16 heavy (non-hydrogen) atoms. The first-order valence-corrected chi connectivity index (χ1v) is 5.13. The second kappa shape index (κ2) is 4.12. The summed E-state index contributed by atoms with van der Waals surface area (Å²) in [7, 11) is 0. The Morgan fingerprint density at radius 2 is 2.44 bits per heavy atom. The Labute approximate surface area is 92.8 Å². The first kappa shape index (κ1) is 11.5. The first-order valence-electron chi connectivity index (χ1n) is 5.13. The molecule has 0 aromatic rings. The fraction of sp³-hybridized carbons (Fsp3) is 0.700. The van der Waals surface area contributed by atoms with Crippen LogP contribution in [0.1, 0.15) is 6.92 Å². The lowest BCUT2D eigenvalue weighted by atomic mass is 9.98. The smallest absolute Gasteiger partial charge is 0.181 e. The predicted octanol–water partition coefficient (Wildman–Crippen LogP) is -0.350. The SMILES string of the molecule is C[C@@]1(F)[C@H](O)[C@@H](CO)O[C@H]1N1C=CC=NC1. The van der Waals surface area contributed by atoms with Crippen molar-refractivity contribution in [3.8, 4) is 0 Å². The van der Waals surface area contributed by atoms with E-state index in [1.165, 1.54) is 6.92 Å². The van der Waals surface area contributed by atoms with Crippen LogP contribution >= 0.6 is 0 Å². The summed E-state index contributed by atoms with van der Waals surface area (Å²) >= 11 is 0. The first-order chi connectivity index (χ1) is 7.57. The second-order valence-corrected chi connectivity index (χ2v) is 4.13. The largest absolute Gasteiger partial charge is 0.394 e. The van der Waals surface area contributed by atoms with E-state index < -0.39 is 30.7 Å². The average molecular weight is 230 g/mol. The number of nitrogens with zero attached hydrogens (tertiary/aromatic N) is 2. The molecule has 2 heterocycles. The Morgan fingerprint density at radius 1 is 1.69 bits per heavy atom. The highest BCUT2D eigenvalue weighted by Crippen LogP contribution is 2.36. The van der Waals surface area contributed by atoms with Gasteiger partial charge in [0.05, 0.1) is 6.61 Å². The molecule has 0 aliphatic carbocycles.